The molecule has 0 aliphatic carbocycles. The van der Waals surface area contributed by atoms with E-state index in [0.29, 0.717) is 6.42 Å². The van der Waals surface area contributed by atoms with Crippen molar-refractivity contribution in [1.82, 2.24) is 10.3 Å². The van der Waals surface area contributed by atoms with Gasteiger partial charge in [0, 0.05) is 17.1 Å². The smallest absolute Gasteiger partial charge is 0.142 e. The van der Waals surface area contributed by atoms with Crippen LogP contribution < -0.4 is 5.32 Å². The normalized spacial score (nSPS) is 12.6. The third-order valence-corrected chi connectivity index (χ3v) is 4.01. The minimum atomic E-state index is -0.367. The van der Waals surface area contributed by atoms with Crippen LogP contribution in [0.25, 0.3) is 0 Å². The molecule has 0 aliphatic rings. The van der Waals surface area contributed by atoms with E-state index in [-0.39, 0.29) is 16.9 Å². The van der Waals surface area contributed by atoms with Crippen molar-refractivity contribution < 1.29 is 4.39 Å². The number of hydrogen-bond donors (Lipinski definition) is 1. The van der Waals surface area contributed by atoms with Crippen LogP contribution in [0.15, 0.2) is 29.9 Å². The number of thiazole rings is 1. The molecule has 1 atom stereocenters. The Bertz CT molecular complexity index is 502. The van der Waals surface area contributed by atoms with Gasteiger partial charge in [-0.15, -0.1) is 11.3 Å². The highest BCUT2D eigenvalue weighted by Gasteiger charge is 2.15. The Balaban J connectivity index is 2.21. The van der Waals surface area contributed by atoms with Gasteiger partial charge in [-0.2, -0.15) is 0 Å². The molecule has 5 heteroatoms. The average Bonchev–Trinajstić information content (AvgIpc) is 2.88. The predicted molar refractivity (Wildman–Crippen MR) is 73.6 cm³/mol. The van der Waals surface area contributed by atoms with Crippen molar-refractivity contribution in [2.24, 2.45) is 0 Å². The molecule has 2 nitrogen and oxygen atoms in total. The number of halogens is 2. The summed E-state index contributed by atoms with van der Waals surface area (Å²) >= 11 is 7.57. The van der Waals surface area contributed by atoms with E-state index in [1.807, 2.05) is 19.2 Å². The number of nitrogens with zero attached hydrogens (tertiary/aromatic N) is 1. The van der Waals surface area contributed by atoms with Crippen LogP contribution >= 0.6 is 22.9 Å². The minimum absolute atomic E-state index is 0.127. The van der Waals surface area contributed by atoms with Crippen LogP contribution in [0.4, 0.5) is 4.39 Å². The van der Waals surface area contributed by atoms with Gasteiger partial charge in [0.25, 0.3) is 0 Å². The van der Waals surface area contributed by atoms with Crippen molar-refractivity contribution in [2.75, 3.05) is 6.54 Å². The Morgan fingerprint density at radius 1 is 1.50 bits per heavy atom. The van der Waals surface area contributed by atoms with Crippen LogP contribution in [-0.4, -0.2) is 11.5 Å². The molecule has 0 spiro atoms. The topological polar surface area (TPSA) is 24.9 Å². The lowest BCUT2D eigenvalue weighted by Gasteiger charge is -2.16. The SMILES string of the molecule is CCNC(Cc1cccc(F)c1Cl)c1cncs1. The fourth-order valence-electron chi connectivity index (χ4n) is 1.84. The van der Waals surface area contributed by atoms with Crippen molar-refractivity contribution in [2.45, 2.75) is 19.4 Å². The standard InChI is InChI=1S/C13H14ClFN2S/c1-2-17-11(12-7-16-8-18-12)6-9-4-3-5-10(15)13(9)14/h3-5,7-8,11,17H,2,6H2,1H3. The first-order chi connectivity index (χ1) is 8.72. The van der Waals surface area contributed by atoms with Crippen LogP contribution in [0.2, 0.25) is 5.02 Å². The summed E-state index contributed by atoms with van der Waals surface area (Å²) in [7, 11) is 0. The molecule has 0 fully saturated rings. The number of benzene rings is 1. The molecular formula is C13H14ClFN2S. The van der Waals surface area contributed by atoms with Gasteiger partial charge >= 0.3 is 0 Å². The second-order valence-corrected chi connectivity index (χ2v) is 5.23. The quantitative estimate of drug-likeness (QED) is 0.903. The molecular weight excluding hydrogens is 271 g/mol. The first-order valence-corrected chi connectivity index (χ1v) is 7.02. The zero-order valence-corrected chi connectivity index (χ0v) is 11.6. The van der Waals surface area contributed by atoms with Crippen molar-refractivity contribution in [3.63, 3.8) is 0 Å². The van der Waals surface area contributed by atoms with E-state index in [4.69, 9.17) is 11.6 Å². The van der Waals surface area contributed by atoms with Gasteiger partial charge in [-0.05, 0) is 24.6 Å². The summed E-state index contributed by atoms with van der Waals surface area (Å²) in [6.07, 6.45) is 2.50. The molecule has 2 rings (SSSR count). The molecule has 2 aromatic rings. The lowest BCUT2D eigenvalue weighted by Crippen LogP contribution is -2.22. The van der Waals surface area contributed by atoms with Gasteiger partial charge in [0.05, 0.1) is 10.5 Å². The van der Waals surface area contributed by atoms with Crippen molar-refractivity contribution >= 4 is 22.9 Å². The zero-order chi connectivity index (χ0) is 13.0. The molecule has 18 heavy (non-hydrogen) atoms. The third kappa shape index (κ3) is 3.07. The highest BCUT2D eigenvalue weighted by molar-refractivity contribution is 7.09. The monoisotopic (exact) mass is 284 g/mol. The first kappa shape index (κ1) is 13.5. The Labute approximate surface area is 115 Å². The number of aromatic nitrogens is 1. The van der Waals surface area contributed by atoms with E-state index >= 15 is 0 Å². The molecule has 1 aromatic heterocycles. The molecule has 1 N–H and O–H groups in total. The number of hydrogen-bond acceptors (Lipinski definition) is 3. The van der Waals surface area contributed by atoms with Crippen LogP contribution in [0.1, 0.15) is 23.4 Å². The van der Waals surface area contributed by atoms with Crippen LogP contribution in [-0.2, 0) is 6.42 Å². The number of likely N-dealkylation sites (N-methyl/N-ethyl adjacent to an activating group) is 1. The minimum Gasteiger partial charge on any atom is -0.309 e. The van der Waals surface area contributed by atoms with Gasteiger partial charge in [0.2, 0.25) is 0 Å². The maximum absolute atomic E-state index is 13.4. The van der Waals surface area contributed by atoms with Crippen molar-refractivity contribution in [3.8, 4) is 0 Å². The first-order valence-electron chi connectivity index (χ1n) is 5.77. The van der Waals surface area contributed by atoms with Crippen LogP contribution in [0.3, 0.4) is 0 Å². The summed E-state index contributed by atoms with van der Waals surface area (Å²) in [5.41, 5.74) is 2.61. The second kappa shape index (κ2) is 6.27. The summed E-state index contributed by atoms with van der Waals surface area (Å²) in [5.74, 6) is -0.367. The fraction of sp³-hybridized carbons (Fsp3) is 0.308. The third-order valence-electron chi connectivity index (χ3n) is 2.70. The maximum Gasteiger partial charge on any atom is 0.142 e. The Morgan fingerprint density at radius 3 is 3.00 bits per heavy atom. The van der Waals surface area contributed by atoms with E-state index < -0.39 is 0 Å². The van der Waals surface area contributed by atoms with Gasteiger partial charge < -0.3 is 5.32 Å². The summed E-state index contributed by atoms with van der Waals surface area (Å²) in [6.45, 7) is 2.89. The van der Waals surface area contributed by atoms with Gasteiger partial charge in [0.1, 0.15) is 5.82 Å². The highest BCUT2D eigenvalue weighted by atomic mass is 35.5. The van der Waals surface area contributed by atoms with E-state index in [1.165, 1.54) is 6.07 Å². The Morgan fingerprint density at radius 2 is 2.33 bits per heavy atom. The lowest BCUT2D eigenvalue weighted by molar-refractivity contribution is 0.554. The van der Waals surface area contributed by atoms with Crippen molar-refractivity contribution in [3.05, 3.63) is 51.2 Å². The largest absolute Gasteiger partial charge is 0.309 e. The highest BCUT2D eigenvalue weighted by Crippen LogP contribution is 2.27. The molecule has 1 aromatic carbocycles. The molecule has 0 aliphatic heterocycles. The van der Waals surface area contributed by atoms with E-state index in [9.17, 15) is 4.39 Å². The predicted octanol–water partition coefficient (Wildman–Crippen LogP) is 3.83. The molecule has 0 radical (unpaired) electrons. The van der Waals surface area contributed by atoms with Crippen molar-refractivity contribution in [1.29, 1.82) is 0 Å². The molecule has 1 unspecified atom stereocenters. The summed E-state index contributed by atoms with van der Waals surface area (Å²) < 4.78 is 13.4. The van der Waals surface area contributed by atoms with Crippen LogP contribution in [0, 0.1) is 5.82 Å². The van der Waals surface area contributed by atoms with E-state index in [2.05, 4.69) is 10.3 Å². The van der Waals surface area contributed by atoms with Gasteiger partial charge in [-0.1, -0.05) is 30.7 Å². The Hall–Kier alpha value is -0.970. The lowest BCUT2D eigenvalue weighted by atomic mass is 10.0. The van der Waals surface area contributed by atoms with Gasteiger partial charge in [-0.25, -0.2) is 4.39 Å². The second-order valence-electron chi connectivity index (χ2n) is 3.93. The molecule has 0 bridgehead atoms. The number of nitrogens with one attached hydrogen (secondary N) is 1. The molecule has 0 saturated heterocycles. The van der Waals surface area contributed by atoms with Gasteiger partial charge in [-0.3, -0.25) is 4.98 Å². The summed E-state index contributed by atoms with van der Waals surface area (Å²) in [5, 5.41) is 3.58. The van der Waals surface area contributed by atoms with E-state index in [0.717, 1.165) is 17.0 Å². The molecule has 0 saturated carbocycles. The zero-order valence-electron chi connectivity index (χ0n) is 9.99. The van der Waals surface area contributed by atoms with Crippen LogP contribution in [0.5, 0.6) is 0 Å². The molecule has 0 amide bonds. The van der Waals surface area contributed by atoms with Gasteiger partial charge in [0.15, 0.2) is 0 Å². The maximum atomic E-state index is 13.4. The average molecular weight is 285 g/mol. The summed E-state index contributed by atoms with van der Waals surface area (Å²) in [6, 6.07) is 5.05. The van der Waals surface area contributed by atoms with E-state index in [1.54, 1.807) is 22.9 Å². The Kier molecular flexibility index (Phi) is 4.69. The number of rotatable bonds is 5. The molecule has 96 valence electrons. The fourth-order valence-corrected chi connectivity index (χ4v) is 2.74. The summed E-state index contributed by atoms with van der Waals surface area (Å²) in [4.78, 5) is 5.21. The molecule has 1 heterocycles.